The Morgan fingerprint density at radius 1 is 1.11 bits per heavy atom. The van der Waals surface area contributed by atoms with Gasteiger partial charge in [-0.25, -0.2) is 4.39 Å². The summed E-state index contributed by atoms with van der Waals surface area (Å²) in [6.45, 7) is 0. The van der Waals surface area contributed by atoms with E-state index in [4.69, 9.17) is 10.8 Å². The quantitative estimate of drug-likeness (QED) is 0.492. The van der Waals surface area contributed by atoms with Crippen molar-refractivity contribution in [1.82, 2.24) is 0 Å². The molecule has 19 heavy (non-hydrogen) atoms. The molecule has 5 nitrogen and oxygen atoms in total. The number of halogens is 1. The van der Waals surface area contributed by atoms with Crippen LogP contribution in [0.15, 0.2) is 36.4 Å². The summed E-state index contributed by atoms with van der Waals surface area (Å²) < 4.78 is 13.0. The molecule has 0 aliphatic heterocycles. The Labute approximate surface area is 108 Å². The van der Waals surface area contributed by atoms with Gasteiger partial charge in [0.2, 0.25) is 0 Å². The van der Waals surface area contributed by atoms with E-state index in [1.807, 2.05) is 0 Å². The van der Waals surface area contributed by atoms with Crippen molar-refractivity contribution in [3.05, 3.63) is 47.8 Å². The van der Waals surface area contributed by atoms with E-state index in [2.05, 4.69) is 5.32 Å². The van der Waals surface area contributed by atoms with E-state index in [9.17, 15) is 14.3 Å². The van der Waals surface area contributed by atoms with Gasteiger partial charge in [0.25, 0.3) is 5.91 Å². The van der Waals surface area contributed by atoms with Gasteiger partial charge in [-0.05, 0) is 36.4 Å². The van der Waals surface area contributed by atoms with Crippen LogP contribution in [0, 0.1) is 5.82 Å². The lowest BCUT2D eigenvalue weighted by Gasteiger charge is -2.08. The molecule has 0 unspecified atom stereocenters. The zero-order chi connectivity index (χ0) is 14.0. The normalized spacial score (nSPS) is 10.2. The van der Waals surface area contributed by atoms with Gasteiger partial charge in [0.15, 0.2) is 11.5 Å². The van der Waals surface area contributed by atoms with Crippen LogP contribution in [0.4, 0.5) is 15.8 Å². The monoisotopic (exact) mass is 262 g/mol. The van der Waals surface area contributed by atoms with Gasteiger partial charge in [-0.2, -0.15) is 0 Å². The molecule has 0 spiro atoms. The highest BCUT2D eigenvalue weighted by molar-refractivity contribution is 6.06. The number of anilines is 2. The molecule has 0 saturated heterocycles. The lowest BCUT2D eigenvalue weighted by atomic mass is 10.1. The summed E-state index contributed by atoms with van der Waals surface area (Å²) in [5.74, 6) is -1.85. The Balaban J connectivity index is 2.25. The number of carbonyl (C=O) groups excluding carboxylic acids is 1. The van der Waals surface area contributed by atoms with E-state index >= 15 is 0 Å². The molecule has 6 heteroatoms. The largest absolute Gasteiger partial charge is 0.504 e. The minimum absolute atomic E-state index is 0.110. The van der Waals surface area contributed by atoms with E-state index in [0.717, 1.165) is 12.1 Å². The van der Waals surface area contributed by atoms with Crippen LogP contribution in [-0.4, -0.2) is 16.1 Å². The highest BCUT2D eigenvalue weighted by atomic mass is 19.1. The van der Waals surface area contributed by atoms with Crippen molar-refractivity contribution in [3.63, 3.8) is 0 Å². The molecule has 0 atom stereocenters. The molecule has 2 rings (SSSR count). The second kappa shape index (κ2) is 4.85. The highest BCUT2D eigenvalue weighted by Gasteiger charge is 2.11. The van der Waals surface area contributed by atoms with Gasteiger partial charge in [-0.1, -0.05) is 0 Å². The SMILES string of the molecule is Nc1ccc(F)cc1NC(=O)c1ccc(O)c(O)c1. The Kier molecular flexibility index (Phi) is 3.24. The van der Waals surface area contributed by atoms with Gasteiger partial charge >= 0.3 is 0 Å². The van der Waals surface area contributed by atoms with Gasteiger partial charge in [0.05, 0.1) is 11.4 Å². The molecule has 1 amide bonds. The summed E-state index contributed by atoms with van der Waals surface area (Å²) in [6.07, 6.45) is 0. The second-order valence-electron chi connectivity index (χ2n) is 3.89. The van der Waals surface area contributed by atoms with E-state index in [0.29, 0.717) is 0 Å². The van der Waals surface area contributed by atoms with Crippen LogP contribution in [0.1, 0.15) is 10.4 Å². The number of carbonyl (C=O) groups is 1. The Morgan fingerprint density at radius 3 is 2.53 bits per heavy atom. The third kappa shape index (κ3) is 2.74. The van der Waals surface area contributed by atoms with Crippen LogP contribution in [0.2, 0.25) is 0 Å². The number of nitrogens with one attached hydrogen (secondary N) is 1. The van der Waals surface area contributed by atoms with Crippen molar-refractivity contribution < 1.29 is 19.4 Å². The summed E-state index contributed by atoms with van der Waals surface area (Å²) in [7, 11) is 0. The third-order valence-electron chi connectivity index (χ3n) is 2.50. The first-order valence-corrected chi connectivity index (χ1v) is 5.36. The van der Waals surface area contributed by atoms with Crippen molar-refractivity contribution >= 4 is 17.3 Å². The number of nitrogens with two attached hydrogens (primary N) is 1. The van der Waals surface area contributed by atoms with Crippen molar-refractivity contribution in [2.75, 3.05) is 11.1 Å². The van der Waals surface area contributed by atoms with Crippen LogP contribution in [0.3, 0.4) is 0 Å². The number of hydrogen-bond acceptors (Lipinski definition) is 4. The molecule has 0 bridgehead atoms. The van der Waals surface area contributed by atoms with E-state index < -0.39 is 17.5 Å². The average Bonchev–Trinajstić information content (AvgIpc) is 2.37. The van der Waals surface area contributed by atoms with Crippen molar-refractivity contribution in [1.29, 1.82) is 0 Å². The summed E-state index contributed by atoms with van der Waals surface area (Å²) >= 11 is 0. The smallest absolute Gasteiger partial charge is 0.255 e. The number of benzene rings is 2. The maximum absolute atomic E-state index is 13.0. The van der Waals surface area contributed by atoms with Crippen LogP contribution in [-0.2, 0) is 0 Å². The fraction of sp³-hybridized carbons (Fsp3) is 0. The van der Waals surface area contributed by atoms with Gasteiger partial charge in [-0.15, -0.1) is 0 Å². The molecule has 0 aromatic heterocycles. The first-order valence-electron chi connectivity index (χ1n) is 5.36. The molecule has 0 fully saturated rings. The summed E-state index contributed by atoms with van der Waals surface area (Å²) in [5.41, 5.74) is 6.07. The van der Waals surface area contributed by atoms with E-state index in [1.54, 1.807) is 0 Å². The highest BCUT2D eigenvalue weighted by Crippen LogP contribution is 2.26. The first kappa shape index (κ1) is 12.7. The predicted molar refractivity (Wildman–Crippen MR) is 68.5 cm³/mol. The minimum Gasteiger partial charge on any atom is -0.504 e. The number of amides is 1. The van der Waals surface area contributed by atoms with Crippen LogP contribution in [0.5, 0.6) is 11.5 Å². The van der Waals surface area contributed by atoms with Crippen molar-refractivity contribution in [2.45, 2.75) is 0 Å². The lowest BCUT2D eigenvalue weighted by Crippen LogP contribution is -2.13. The van der Waals surface area contributed by atoms with E-state index in [1.165, 1.54) is 24.3 Å². The van der Waals surface area contributed by atoms with Crippen LogP contribution >= 0.6 is 0 Å². The lowest BCUT2D eigenvalue weighted by molar-refractivity contribution is 0.102. The zero-order valence-electron chi connectivity index (χ0n) is 9.72. The molecule has 98 valence electrons. The molecule has 2 aromatic rings. The number of nitrogen functional groups attached to an aromatic ring is 1. The zero-order valence-corrected chi connectivity index (χ0v) is 9.72. The second-order valence-corrected chi connectivity index (χ2v) is 3.89. The maximum Gasteiger partial charge on any atom is 0.255 e. The predicted octanol–water partition coefficient (Wildman–Crippen LogP) is 2.07. The van der Waals surface area contributed by atoms with Crippen LogP contribution in [0.25, 0.3) is 0 Å². The number of hydrogen-bond donors (Lipinski definition) is 4. The van der Waals surface area contributed by atoms with Crippen molar-refractivity contribution in [2.24, 2.45) is 0 Å². The van der Waals surface area contributed by atoms with Gasteiger partial charge in [0, 0.05) is 5.56 Å². The van der Waals surface area contributed by atoms with Crippen molar-refractivity contribution in [3.8, 4) is 11.5 Å². The number of phenolic OH excluding ortho intramolecular Hbond substituents is 2. The molecular weight excluding hydrogens is 251 g/mol. The summed E-state index contributed by atoms with van der Waals surface area (Å²) in [5, 5.41) is 20.9. The first-order chi connectivity index (χ1) is 8.97. The Bertz CT molecular complexity index is 644. The number of rotatable bonds is 2. The Morgan fingerprint density at radius 2 is 1.84 bits per heavy atom. The molecule has 0 aliphatic carbocycles. The molecule has 0 radical (unpaired) electrons. The maximum atomic E-state index is 13.0. The van der Waals surface area contributed by atoms with E-state index in [-0.39, 0.29) is 22.7 Å². The summed E-state index contributed by atoms with van der Waals surface area (Å²) in [6, 6.07) is 7.20. The topological polar surface area (TPSA) is 95.6 Å². The average molecular weight is 262 g/mol. The summed E-state index contributed by atoms with van der Waals surface area (Å²) in [4.78, 5) is 11.9. The van der Waals surface area contributed by atoms with Gasteiger partial charge < -0.3 is 21.3 Å². The molecular formula is C13H11FN2O3. The molecule has 0 aliphatic rings. The molecule has 0 saturated carbocycles. The molecule has 2 aromatic carbocycles. The molecule has 0 heterocycles. The Hall–Kier alpha value is -2.76. The standard InChI is InChI=1S/C13H11FN2O3/c14-8-2-3-9(15)10(6-8)16-13(19)7-1-4-11(17)12(18)5-7/h1-6,17-18H,15H2,(H,16,19). The number of aromatic hydroxyl groups is 2. The van der Waals surface area contributed by atoms with Gasteiger partial charge in [-0.3, -0.25) is 4.79 Å². The third-order valence-corrected chi connectivity index (χ3v) is 2.50. The minimum atomic E-state index is -0.576. The fourth-order valence-electron chi connectivity index (χ4n) is 1.50. The fourth-order valence-corrected chi connectivity index (χ4v) is 1.50. The number of phenols is 2. The molecule has 5 N–H and O–H groups in total. The van der Waals surface area contributed by atoms with Gasteiger partial charge in [0.1, 0.15) is 5.82 Å². The van der Waals surface area contributed by atoms with Crippen LogP contribution < -0.4 is 11.1 Å².